The largest absolute Gasteiger partial charge is 0.478 e. The normalized spacial score (nSPS) is 10.8. The van der Waals surface area contributed by atoms with Gasteiger partial charge < -0.3 is 10.4 Å². The van der Waals surface area contributed by atoms with Gasteiger partial charge in [0.15, 0.2) is 0 Å². The molecule has 0 radical (unpaired) electrons. The van der Waals surface area contributed by atoms with Crippen LogP contribution in [0.15, 0.2) is 47.5 Å². The molecule has 11 heteroatoms. The number of anilines is 1. The second kappa shape index (κ2) is 7.93. The summed E-state index contributed by atoms with van der Waals surface area (Å²) in [4.78, 5) is 37.6. The number of halogens is 1. The Morgan fingerprint density at radius 3 is 2.54 bits per heavy atom. The van der Waals surface area contributed by atoms with Crippen LogP contribution in [0, 0.1) is 0 Å². The second-order valence-corrected chi connectivity index (χ2v) is 6.83. The monoisotopic (exact) mass is 397 g/mol. The summed E-state index contributed by atoms with van der Waals surface area (Å²) in [5.74, 6) is -3.21. The van der Waals surface area contributed by atoms with E-state index in [1.54, 1.807) is 4.72 Å². The molecular weight excluding hydrogens is 386 g/mol. The molecule has 0 saturated heterocycles. The third-order valence-electron chi connectivity index (χ3n) is 3.02. The number of alkyl halides is 1. The van der Waals surface area contributed by atoms with E-state index in [2.05, 4.69) is 10.3 Å². The average molecular weight is 398 g/mol. The SMILES string of the molecule is O=C(CCl)Nc1cccc(S(=O)(=O)NC(=O)c2cc(C(=O)O)ccn2)c1. The molecule has 136 valence electrons. The second-order valence-electron chi connectivity index (χ2n) is 4.88. The number of carbonyl (C=O) groups excluding carboxylic acids is 2. The number of carboxylic acids is 1. The molecule has 0 unspecified atom stereocenters. The minimum atomic E-state index is -4.28. The fourth-order valence-electron chi connectivity index (χ4n) is 1.86. The Hall–Kier alpha value is -2.98. The van der Waals surface area contributed by atoms with Crippen LogP contribution in [0.5, 0.6) is 0 Å². The summed E-state index contributed by atoms with van der Waals surface area (Å²) >= 11 is 5.37. The summed E-state index contributed by atoms with van der Waals surface area (Å²) in [6, 6.07) is 7.28. The van der Waals surface area contributed by atoms with Crippen molar-refractivity contribution in [3.8, 4) is 0 Å². The third kappa shape index (κ3) is 4.77. The molecule has 1 heterocycles. The molecule has 26 heavy (non-hydrogen) atoms. The molecule has 2 amide bonds. The highest BCUT2D eigenvalue weighted by molar-refractivity contribution is 7.90. The van der Waals surface area contributed by atoms with Crippen molar-refractivity contribution >= 4 is 45.1 Å². The molecule has 0 aliphatic heterocycles. The summed E-state index contributed by atoms with van der Waals surface area (Å²) < 4.78 is 26.4. The Kier molecular flexibility index (Phi) is 5.90. The summed E-state index contributed by atoms with van der Waals surface area (Å²) in [6.07, 6.45) is 1.08. The molecule has 2 aromatic rings. The first kappa shape index (κ1) is 19.3. The van der Waals surface area contributed by atoms with Gasteiger partial charge in [-0.15, -0.1) is 11.6 Å². The lowest BCUT2D eigenvalue weighted by Crippen LogP contribution is -2.31. The number of nitrogens with one attached hydrogen (secondary N) is 2. The van der Waals surface area contributed by atoms with Crippen LogP contribution in [0.4, 0.5) is 5.69 Å². The lowest BCUT2D eigenvalue weighted by molar-refractivity contribution is -0.113. The van der Waals surface area contributed by atoms with Crippen LogP contribution in [0.25, 0.3) is 0 Å². The number of sulfonamides is 1. The Morgan fingerprint density at radius 1 is 1.15 bits per heavy atom. The molecule has 1 aromatic heterocycles. The van der Waals surface area contributed by atoms with E-state index < -0.39 is 27.8 Å². The first-order valence-corrected chi connectivity index (χ1v) is 8.97. The smallest absolute Gasteiger partial charge is 0.335 e. The van der Waals surface area contributed by atoms with E-state index in [9.17, 15) is 22.8 Å². The van der Waals surface area contributed by atoms with Gasteiger partial charge in [0.25, 0.3) is 15.9 Å². The fraction of sp³-hybridized carbons (Fsp3) is 0.0667. The van der Waals surface area contributed by atoms with Gasteiger partial charge in [-0.2, -0.15) is 0 Å². The number of nitrogens with zero attached hydrogens (tertiary/aromatic N) is 1. The van der Waals surface area contributed by atoms with Gasteiger partial charge in [-0.3, -0.25) is 14.6 Å². The summed E-state index contributed by atoms with van der Waals surface area (Å²) in [5.41, 5.74) is -0.412. The maximum atomic E-state index is 12.3. The molecule has 9 nitrogen and oxygen atoms in total. The van der Waals surface area contributed by atoms with Gasteiger partial charge in [0.2, 0.25) is 5.91 Å². The van der Waals surface area contributed by atoms with E-state index >= 15 is 0 Å². The van der Waals surface area contributed by atoms with Crippen LogP contribution in [0.1, 0.15) is 20.8 Å². The number of hydrogen-bond acceptors (Lipinski definition) is 6. The first-order valence-electron chi connectivity index (χ1n) is 6.95. The minimum absolute atomic E-state index is 0.178. The number of aromatic carboxylic acids is 1. The molecule has 2 rings (SSSR count). The van der Waals surface area contributed by atoms with Crippen LogP contribution in [-0.4, -0.2) is 42.2 Å². The van der Waals surface area contributed by atoms with Gasteiger partial charge >= 0.3 is 5.97 Å². The predicted octanol–water partition coefficient (Wildman–Crippen LogP) is 1.08. The van der Waals surface area contributed by atoms with E-state index in [1.807, 2.05) is 0 Å². The van der Waals surface area contributed by atoms with E-state index in [4.69, 9.17) is 16.7 Å². The Balaban J connectivity index is 2.24. The zero-order valence-corrected chi connectivity index (χ0v) is 14.5. The number of carboxylic acid groups (broad SMARTS) is 1. The minimum Gasteiger partial charge on any atom is -0.478 e. The van der Waals surface area contributed by atoms with E-state index in [0.29, 0.717) is 0 Å². The standard InChI is InChI=1S/C15H12ClN3O6S/c16-8-13(20)18-10-2-1-3-11(7-10)26(24,25)19-14(21)12-6-9(15(22)23)4-5-17-12/h1-7H,8H2,(H,18,20)(H,19,21)(H,22,23). The van der Waals surface area contributed by atoms with Crippen molar-refractivity contribution < 1.29 is 27.9 Å². The molecule has 0 aliphatic carbocycles. The zero-order chi connectivity index (χ0) is 19.3. The van der Waals surface area contributed by atoms with Gasteiger partial charge in [0.05, 0.1) is 10.5 Å². The molecule has 3 N–H and O–H groups in total. The van der Waals surface area contributed by atoms with E-state index in [1.165, 1.54) is 18.2 Å². The van der Waals surface area contributed by atoms with Gasteiger partial charge in [-0.1, -0.05) is 6.07 Å². The van der Waals surface area contributed by atoms with Crippen molar-refractivity contribution in [2.75, 3.05) is 11.2 Å². The van der Waals surface area contributed by atoms with Gasteiger partial charge in [-0.25, -0.2) is 17.9 Å². The van der Waals surface area contributed by atoms with Crippen molar-refractivity contribution in [1.29, 1.82) is 0 Å². The van der Waals surface area contributed by atoms with Crippen LogP contribution < -0.4 is 10.0 Å². The number of hydrogen-bond donors (Lipinski definition) is 3. The molecule has 1 aromatic carbocycles. The Labute approximate surface area is 153 Å². The third-order valence-corrected chi connectivity index (χ3v) is 4.59. The van der Waals surface area contributed by atoms with Crippen LogP contribution >= 0.6 is 11.6 Å². The van der Waals surface area contributed by atoms with Crippen LogP contribution in [0.2, 0.25) is 0 Å². The number of pyridine rings is 1. The maximum Gasteiger partial charge on any atom is 0.335 e. The van der Waals surface area contributed by atoms with Crippen LogP contribution in [-0.2, 0) is 14.8 Å². The van der Waals surface area contributed by atoms with E-state index in [-0.39, 0.29) is 27.7 Å². The summed E-state index contributed by atoms with van der Waals surface area (Å²) in [7, 11) is -4.28. The fourth-order valence-corrected chi connectivity index (χ4v) is 2.93. The lowest BCUT2D eigenvalue weighted by atomic mass is 10.2. The Bertz CT molecular complexity index is 977. The number of benzene rings is 1. The number of rotatable bonds is 6. The molecule has 0 aliphatic rings. The van der Waals surface area contributed by atoms with E-state index in [0.717, 1.165) is 24.4 Å². The van der Waals surface area contributed by atoms with Crippen molar-refractivity contribution in [3.63, 3.8) is 0 Å². The van der Waals surface area contributed by atoms with Crippen LogP contribution in [0.3, 0.4) is 0 Å². The van der Waals surface area contributed by atoms with Crippen molar-refractivity contribution in [3.05, 3.63) is 53.9 Å². The highest BCUT2D eigenvalue weighted by Gasteiger charge is 2.21. The maximum absolute atomic E-state index is 12.3. The average Bonchev–Trinajstić information content (AvgIpc) is 2.61. The summed E-state index contributed by atoms with van der Waals surface area (Å²) in [6.45, 7) is 0. The highest BCUT2D eigenvalue weighted by Crippen LogP contribution is 2.16. The Morgan fingerprint density at radius 2 is 1.88 bits per heavy atom. The number of carbonyl (C=O) groups is 3. The molecule has 0 saturated carbocycles. The van der Waals surface area contributed by atoms with Gasteiger partial charge in [-0.05, 0) is 30.3 Å². The molecular formula is C15H12ClN3O6S. The molecule has 0 spiro atoms. The zero-order valence-electron chi connectivity index (χ0n) is 13.0. The first-order chi connectivity index (χ1) is 12.2. The van der Waals surface area contributed by atoms with Gasteiger partial charge in [0, 0.05) is 11.9 Å². The number of amides is 2. The van der Waals surface area contributed by atoms with Crippen molar-refractivity contribution in [1.82, 2.24) is 9.71 Å². The molecule has 0 bridgehead atoms. The molecule has 0 atom stereocenters. The lowest BCUT2D eigenvalue weighted by Gasteiger charge is -2.09. The summed E-state index contributed by atoms with van der Waals surface area (Å²) in [5, 5.41) is 11.3. The van der Waals surface area contributed by atoms with Crippen molar-refractivity contribution in [2.24, 2.45) is 0 Å². The van der Waals surface area contributed by atoms with Gasteiger partial charge in [0.1, 0.15) is 11.6 Å². The quantitative estimate of drug-likeness (QED) is 0.619. The predicted molar refractivity (Wildman–Crippen MR) is 91.6 cm³/mol. The highest BCUT2D eigenvalue weighted by atomic mass is 35.5. The topological polar surface area (TPSA) is 143 Å². The number of aromatic nitrogens is 1. The molecule has 0 fully saturated rings. The van der Waals surface area contributed by atoms with Crippen molar-refractivity contribution in [2.45, 2.75) is 4.90 Å².